The van der Waals surface area contributed by atoms with E-state index in [1.165, 1.54) is 12.8 Å². The van der Waals surface area contributed by atoms with Crippen molar-refractivity contribution in [3.63, 3.8) is 0 Å². The lowest BCUT2D eigenvalue weighted by molar-refractivity contribution is -0.215. The second kappa shape index (κ2) is 9.88. The first-order valence-electron chi connectivity index (χ1n) is 17.7. The van der Waals surface area contributed by atoms with Crippen molar-refractivity contribution >= 4 is 33.3 Å². The van der Waals surface area contributed by atoms with Gasteiger partial charge in [0.25, 0.3) is 0 Å². The summed E-state index contributed by atoms with van der Waals surface area (Å²) in [4.78, 5) is 30.0. The van der Waals surface area contributed by atoms with Gasteiger partial charge in [0, 0.05) is 41.7 Å². The fourth-order valence-corrected chi connectivity index (χ4v) is 10.8. The van der Waals surface area contributed by atoms with Crippen LogP contribution in [0.4, 0.5) is 23.2 Å². The van der Waals surface area contributed by atoms with E-state index in [0.717, 1.165) is 70.7 Å². The minimum Gasteiger partial charge on any atom is -0.338 e. The van der Waals surface area contributed by atoms with E-state index in [4.69, 9.17) is 9.51 Å². The van der Waals surface area contributed by atoms with Crippen LogP contribution in [0.25, 0.3) is 21.5 Å². The number of carbonyl (C=O) groups excluding carboxylic acids is 1. The molecule has 8 aliphatic carbocycles. The first-order valence-corrected chi connectivity index (χ1v) is 18.5. The second-order valence-corrected chi connectivity index (χ2v) is 17.6. The van der Waals surface area contributed by atoms with Crippen molar-refractivity contribution in [3.8, 4) is 11.1 Å². The van der Waals surface area contributed by atoms with E-state index in [-0.39, 0.29) is 35.5 Å². The molecule has 0 spiro atoms. The lowest BCUT2D eigenvalue weighted by Crippen LogP contribution is -2.65. The van der Waals surface area contributed by atoms with Crippen LogP contribution in [0.3, 0.4) is 0 Å². The van der Waals surface area contributed by atoms with Crippen molar-refractivity contribution in [1.29, 1.82) is 0 Å². The number of anilines is 1. The van der Waals surface area contributed by atoms with Gasteiger partial charge in [-0.1, -0.05) is 17.3 Å². The van der Waals surface area contributed by atoms with Gasteiger partial charge in [-0.2, -0.15) is 18.2 Å². The number of rotatable bonds is 9. The normalized spacial score (nSPS) is 32.5. The van der Waals surface area contributed by atoms with Crippen molar-refractivity contribution in [2.24, 2.45) is 10.8 Å². The molecule has 12 rings (SSSR count). The third kappa shape index (κ3) is 4.74. The van der Waals surface area contributed by atoms with Gasteiger partial charge in [-0.15, -0.1) is 11.3 Å². The molecule has 0 aliphatic heterocycles. The summed E-state index contributed by atoms with van der Waals surface area (Å²) in [5, 5.41) is 5.29. The van der Waals surface area contributed by atoms with Gasteiger partial charge >= 0.3 is 6.18 Å². The van der Waals surface area contributed by atoms with Crippen molar-refractivity contribution in [3.05, 3.63) is 53.3 Å². The largest absolute Gasteiger partial charge is 0.403 e. The Kier molecular flexibility index (Phi) is 6.13. The van der Waals surface area contributed by atoms with Gasteiger partial charge in [0.2, 0.25) is 11.8 Å². The number of alkyl halides is 4. The van der Waals surface area contributed by atoms with E-state index in [9.17, 15) is 22.4 Å². The van der Waals surface area contributed by atoms with E-state index in [1.54, 1.807) is 11.3 Å². The van der Waals surface area contributed by atoms with Gasteiger partial charge in [0.05, 0.1) is 9.71 Å². The number of hydrogen-bond acceptors (Lipinski definition) is 7. The maximum absolute atomic E-state index is 14.5. The van der Waals surface area contributed by atoms with Crippen LogP contribution in [0.2, 0.25) is 0 Å². The Morgan fingerprint density at radius 1 is 0.939 bits per heavy atom. The SMILES string of the molecule is O=C(CC12CC(F)(C1)C2)N(CC12CCC(c3noc(C4(C(F)(F)F)CC4)n3)(CC1)CC2)c1cccc(-c2cnc3nc(C4CC4)sc3c2)c1. The molecule has 3 heterocycles. The molecule has 4 bridgehead atoms. The van der Waals surface area contributed by atoms with Crippen molar-refractivity contribution in [2.45, 2.75) is 118 Å². The van der Waals surface area contributed by atoms with Crippen LogP contribution in [0.5, 0.6) is 0 Å². The molecule has 0 atom stereocenters. The highest BCUT2D eigenvalue weighted by atomic mass is 32.1. The third-order valence-corrected chi connectivity index (χ3v) is 14.2. The molecule has 7 nitrogen and oxygen atoms in total. The van der Waals surface area contributed by atoms with Crippen LogP contribution < -0.4 is 4.90 Å². The second-order valence-electron chi connectivity index (χ2n) is 16.5. The van der Waals surface area contributed by atoms with Crippen LogP contribution in [-0.4, -0.2) is 44.4 Å². The maximum Gasteiger partial charge on any atom is 0.403 e. The Bertz CT molecular complexity index is 1970. The van der Waals surface area contributed by atoms with Crippen LogP contribution in [0.1, 0.15) is 113 Å². The third-order valence-electron chi connectivity index (χ3n) is 13.1. The van der Waals surface area contributed by atoms with E-state index in [1.807, 2.05) is 29.3 Å². The summed E-state index contributed by atoms with van der Waals surface area (Å²) in [6, 6.07) is 10.2. The zero-order chi connectivity index (χ0) is 33.4. The minimum atomic E-state index is -4.40. The summed E-state index contributed by atoms with van der Waals surface area (Å²) in [5.74, 6) is 0.717. The zero-order valence-electron chi connectivity index (χ0n) is 27.1. The fourth-order valence-electron chi connectivity index (χ4n) is 9.69. The summed E-state index contributed by atoms with van der Waals surface area (Å²) < 4.78 is 62.2. The highest BCUT2D eigenvalue weighted by Gasteiger charge is 2.70. The summed E-state index contributed by atoms with van der Waals surface area (Å²) in [5.41, 5.74) is -0.256. The predicted octanol–water partition coefficient (Wildman–Crippen LogP) is 9.12. The van der Waals surface area contributed by atoms with E-state index in [0.29, 0.717) is 44.0 Å². The molecule has 3 aromatic heterocycles. The van der Waals surface area contributed by atoms with Gasteiger partial charge in [0.15, 0.2) is 11.5 Å². The molecular weight excluding hydrogens is 654 g/mol. The number of benzene rings is 1. The van der Waals surface area contributed by atoms with Crippen LogP contribution >= 0.6 is 11.3 Å². The van der Waals surface area contributed by atoms with E-state index in [2.05, 4.69) is 27.3 Å². The number of aromatic nitrogens is 4. The quantitative estimate of drug-likeness (QED) is 0.163. The topological polar surface area (TPSA) is 85.0 Å². The summed E-state index contributed by atoms with van der Waals surface area (Å²) >= 11 is 1.71. The number of fused-ring (bicyclic) bond motifs is 4. The molecule has 0 unspecified atom stereocenters. The molecule has 1 aromatic carbocycles. The lowest BCUT2D eigenvalue weighted by Gasteiger charge is -2.66. The molecule has 0 N–H and O–H groups in total. The average Bonchev–Trinajstić information content (AvgIpc) is 3.99. The molecule has 1 amide bonds. The lowest BCUT2D eigenvalue weighted by atomic mass is 9.41. The van der Waals surface area contributed by atoms with Gasteiger partial charge in [-0.25, -0.2) is 14.4 Å². The standard InChI is InChI=1S/C37H37F4N5O2S/c38-35-18-33(19-35,20-35)16-27(47)46(25-3-1-2-23(14-25)24-15-26-28(42-17-24)43-29(49-26)22-4-5-22)21-32-6-9-34(10-7-32,11-8-32)30-44-31(48-45-30)36(12-13-36)37(39,40)41/h1-3,14-15,17,22H,4-13,16,18-21H2. The number of carbonyl (C=O) groups is 1. The Labute approximate surface area is 284 Å². The monoisotopic (exact) mass is 691 g/mol. The average molecular weight is 692 g/mol. The van der Waals surface area contributed by atoms with Crippen molar-refractivity contribution < 1.29 is 26.9 Å². The first-order chi connectivity index (χ1) is 23.4. The molecule has 12 heteroatoms. The molecule has 4 aromatic rings. The Balaban J connectivity index is 0.917. The molecule has 0 saturated heterocycles. The van der Waals surface area contributed by atoms with Gasteiger partial charge in [-0.05, 0) is 118 Å². The van der Waals surface area contributed by atoms with E-state index < -0.39 is 22.7 Å². The smallest absolute Gasteiger partial charge is 0.338 e. The van der Waals surface area contributed by atoms with Crippen molar-refractivity contribution in [1.82, 2.24) is 20.1 Å². The molecular formula is C37H37F4N5O2S. The van der Waals surface area contributed by atoms with Crippen LogP contribution in [0, 0.1) is 10.8 Å². The number of amides is 1. The van der Waals surface area contributed by atoms with E-state index >= 15 is 0 Å². The first kappa shape index (κ1) is 30.4. The molecule has 49 heavy (non-hydrogen) atoms. The summed E-state index contributed by atoms with van der Waals surface area (Å²) in [7, 11) is 0. The molecule has 8 fully saturated rings. The van der Waals surface area contributed by atoms with Crippen molar-refractivity contribution in [2.75, 3.05) is 11.4 Å². The number of nitrogens with zero attached hydrogens (tertiary/aromatic N) is 5. The molecule has 8 aliphatic rings. The van der Waals surface area contributed by atoms with Gasteiger partial charge in [-0.3, -0.25) is 4.79 Å². The number of hydrogen-bond donors (Lipinski definition) is 0. The highest BCUT2D eigenvalue weighted by Crippen LogP contribution is 2.71. The Morgan fingerprint density at radius 2 is 1.67 bits per heavy atom. The van der Waals surface area contributed by atoms with Crippen LogP contribution in [0.15, 0.2) is 41.1 Å². The van der Waals surface area contributed by atoms with Gasteiger partial charge in [0.1, 0.15) is 11.1 Å². The number of thiazole rings is 1. The van der Waals surface area contributed by atoms with Crippen LogP contribution in [-0.2, 0) is 15.6 Å². The fraction of sp³-hybridized carbons (Fsp3) is 0.595. The highest BCUT2D eigenvalue weighted by molar-refractivity contribution is 7.18. The molecule has 8 saturated carbocycles. The summed E-state index contributed by atoms with van der Waals surface area (Å²) in [6.45, 7) is 0.549. The van der Waals surface area contributed by atoms with Gasteiger partial charge < -0.3 is 9.42 Å². The zero-order valence-corrected chi connectivity index (χ0v) is 27.9. The molecule has 256 valence electrons. The Morgan fingerprint density at radius 3 is 2.33 bits per heavy atom. The predicted molar refractivity (Wildman–Crippen MR) is 175 cm³/mol. The Hall–Kier alpha value is -3.41. The summed E-state index contributed by atoms with van der Waals surface area (Å²) in [6.07, 6.45) is 6.25. The number of halogens is 4. The maximum atomic E-state index is 14.5. The minimum absolute atomic E-state index is 0.00931. The number of pyridine rings is 1. The molecule has 0 radical (unpaired) electrons.